The lowest BCUT2D eigenvalue weighted by molar-refractivity contribution is -0.158. The zero-order chi connectivity index (χ0) is 15.8. The average molecular weight is 289 g/mol. The summed E-state index contributed by atoms with van der Waals surface area (Å²) < 4.78 is 0. The fourth-order valence-electron chi connectivity index (χ4n) is 2.74. The number of nitrogens with zero attached hydrogens (tertiary/aromatic N) is 2. The molecule has 0 aliphatic carbocycles. The van der Waals surface area contributed by atoms with Crippen LogP contribution < -0.4 is 5.32 Å². The highest BCUT2D eigenvalue weighted by atomic mass is 16.2. The molecular formula is C16H23N3O2. The molecular weight excluding hydrogens is 266 g/mol. The predicted molar refractivity (Wildman–Crippen MR) is 80.3 cm³/mol. The summed E-state index contributed by atoms with van der Waals surface area (Å²) in [6, 6.07) is 5.08. The monoisotopic (exact) mass is 289 g/mol. The molecule has 1 aromatic heterocycles. The van der Waals surface area contributed by atoms with Crippen molar-refractivity contribution in [2.24, 2.45) is 5.41 Å². The third kappa shape index (κ3) is 3.06. The Morgan fingerprint density at radius 1 is 1.29 bits per heavy atom. The quantitative estimate of drug-likeness (QED) is 0.902. The van der Waals surface area contributed by atoms with Crippen molar-refractivity contribution in [1.29, 1.82) is 0 Å². The lowest BCUT2D eigenvalue weighted by atomic mass is 9.81. The van der Waals surface area contributed by atoms with Gasteiger partial charge in [-0.2, -0.15) is 0 Å². The number of carbonyl (C=O) groups excluding carboxylic acids is 2. The second-order valence-electron chi connectivity index (χ2n) is 7.14. The second-order valence-corrected chi connectivity index (χ2v) is 7.14. The van der Waals surface area contributed by atoms with E-state index in [9.17, 15) is 9.59 Å². The van der Waals surface area contributed by atoms with Crippen LogP contribution in [0.4, 0.5) is 0 Å². The van der Waals surface area contributed by atoms with Crippen molar-refractivity contribution in [2.45, 2.75) is 52.7 Å². The minimum absolute atomic E-state index is 0.0762. The number of piperazine rings is 1. The van der Waals surface area contributed by atoms with Gasteiger partial charge in [0.25, 0.3) is 0 Å². The number of hydrogen-bond acceptors (Lipinski definition) is 3. The molecule has 1 atom stereocenters. The van der Waals surface area contributed by atoms with Crippen molar-refractivity contribution < 1.29 is 9.59 Å². The van der Waals surface area contributed by atoms with Crippen LogP contribution in [-0.4, -0.2) is 33.3 Å². The van der Waals surface area contributed by atoms with Gasteiger partial charge in [-0.1, -0.05) is 26.8 Å². The van der Waals surface area contributed by atoms with Crippen LogP contribution >= 0.6 is 0 Å². The Labute approximate surface area is 125 Å². The molecule has 0 spiro atoms. The molecule has 1 unspecified atom stereocenters. The molecule has 5 nitrogen and oxygen atoms in total. The maximum absolute atomic E-state index is 12.7. The minimum atomic E-state index is -0.881. The van der Waals surface area contributed by atoms with Crippen LogP contribution in [0.1, 0.15) is 40.3 Å². The number of nitrogens with one attached hydrogen (secondary N) is 1. The highest BCUT2D eigenvalue weighted by molar-refractivity contribution is 5.99. The summed E-state index contributed by atoms with van der Waals surface area (Å²) in [5.41, 5.74) is -0.441. The first-order chi connectivity index (χ1) is 9.63. The van der Waals surface area contributed by atoms with Crippen LogP contribution in [0.5, 0.6) is 0 Å². The van der Waals surface area contributed by atoms with Crippen molar-refractivity contribution in [3.05, 3.63) is 30.1 Å². The van der Waals surface area contributed by atoms with Gasteiger partial charge in [-0.25, -0.2) is 0 Å². The molecule has 1 saturated heterocycles. The summed E-state index contributed by atoms with van der Waals surface area (Å²) in [5.74, 6) is -0.185. The Bertz CT molecular complexity index is 546. The summed E-state index contributed by atoms with van der Waals surface area (Å²) in [6.07, 6.45) is 1.70. The van der Waals surface area contributed by atoms with Crippen LogP contribution in [0.15, 0.2) is 24.4 Å². The summed E-state index contributed by atoms with van der Waals surface area (Å²) in [6.45, 7) is 9.71. The first-order valence-corrected chi connectivity index (χ1v) is 7.16. The molecule has 0 saturated carbocycles. The third-order valence-electron chi connectivity index (χ3n) is 3.67. The van der Waals surface area contributed by atoms with Gasteiger partial charge in [0.05, 0.1) is 12.2 Å². The summed E-state index contributed by atoms with van der Waals surface area (Å²) >= 11 is 0. The molecule has 114 valence electrons. The van der Waals surface area contributed by atoms with Crippen molar-refractivity contribution in [3.63, 3.8) is 0 Å². The molecule has 0 bridgehead atoms. The Morgan fingerprint density at radius 2 is 1.95 bits per heavy atom. The molecule has 1 aliphatic rings. The van der Waals surface area contributed by atoms with Gasteiger partial charge >= 0.3 is 0 Å². The summed E-state index contributed by atoms with van der Waals surface area (Å²) in [4.78, 5) is 31.1. The van der Waals surface area contributed by atoms with E-state index in [0.717, 1.165) is 5.69 Å². The van der Waals surface area contributed by atoms with Gasteiger partial charge in [0.15, 0.2) is 0 Å². The highest BCUT2D eigenvalue weighted by Gasteiger charge is 2.49. The zero-order valence-corrected chi connectivity index (χ0v) is 13.3. The molecule has 0 aromatic carbocycles. The molecule has 1 fully saturated rings. The fourth-order valence-corrected chi connectivity index (χ4v) is 2.74. The maximum Gasteiger partial charge on any atom is 0.248 e. The van der Waals surface area contributed by atoms with Gasteiger partial charge in [-0.05, 0) is 31.4 Å². The van der Waals surface area contributed by atoms with Crippen molar-refractivity contribution in [3.8, 4) is 0 Å². The Morgan fingerprint density at radius 3 is 2.48 bits per heavy atom. The number of hydrogen-bond donors (Lipinski definition) is 1. The first-order valence-electron chi connectivity index (χ1n) is 7.16. The van der Waals surface area contributed by atoms with E-state index in [1.807, 2.05) is 39.0 Å². The number of aromatic nitrogens is 1. The van der Waals surface area contributed by atoms with E-state index < -0.39 is 11.6 Å². The van der Waals surface area contributed by atoms with E-state index in [2.05, 4.69) is 10.3 Å². The number of amides is 2. The molecule has 5 heteroatoms. The lowest BCUT2D eigenvalue weighted by Gasteiger charge is -2.47. The fraction of sp³-hybridized carbons (Fsp3) is 0.562. The Balaban J connectivity index is 2.39. The van der Waals surface area contributed by atoms with Crippen molar-refractivity contribution >= 4 is 11.8 Å². The average Bonchev–Trinajstić information content (AvgIpc) is 2.34. The molecule has 21 heavy (non-hydrogen) atoms. The van der Waals surface area contributed by atoms with E-state index in [4.69, 9.17) is 0 Å². The Kier molecular flexibility index (Phi) is 3.78. The predicted octanol–water partition coefficient (Wildman–Crippen LogP) is 1.73. The van der Waals surface area contributed by atoms with E-state index in [1.165, 1.54) is 0 Å². The molecule has 0 radical (unpaired) electrons. The van der Waals surface area contributed by atoms with Crippen molar-refractivity contribution in [2.75, 3.05) is 0 Å². The van der Waals surface area contributed by atoms with Crippen LogP contribution in [0.3, 0.4) is 0 Å². The SMILES string of the molecule is CC1(C)NC(=O)C(C(C)(C)C)N(Cc2ccccn2)C1=O. The molecule has 1 N–H and O–H groups in total. The standard InChI is InChI=1S/C16H23N3O2/c1-15(2,3)12-13(20)18-16(4,5)14(21)19(12)10-11-8-6-7-9-17-11/h6-9,12H,10H2,1-5H3,(H,18,20). The molecule has 2 heterocycles. The molecule has 2 rings (SSSR count). The van der Waals surface area contributed by atoms with Crippen LogP contribution in [0, 0.1) is 5.41 Å². The summed E-state index contributed by atoms with van der Waals surface area (Å²) in [5, 5.41) is 2.83. The molecule has 1 aliphatic heterocycles. The van der Waals surface area contributed by atoms with Crippen LogP contribution in [-0.2, 0) is 16.1 Å². The van der Waals surface area contributed by atoms with Gasteiger partial charge in [0, 0.05) is 6.20 Å². The Hall–Kier alpha value is -1.91. The molecule has 2 amide bonds. The number of carbonyl (C=O) groups is 2. The van der Waals surface area contributed by atoms with E-state index in [1.54, 1.807) is 24.9 Å². The number of pyridine rings is 1. The second kappa shape index (κ2) is 5.13. The van der Waals surface area contributed by atoms with Crippen LogP contribution in [0.25, 0.3) is 0 Å². The van der Waals surface area contributed by atoms with Crippen molar-refractivity contribution in [1.82, 2.24) is 15.2 Å². The van der Waals surface area contributed by atoms with Gasteiger partial charge in [0.1, 0.15) is 11.6 Å². The zero-order valence-electron chi connectivity index (χ0n) is 13.3. The lowest BCUT2D eigenvalue weighted by Crippen LogP contribution is -2.70. The largest absolute Gasteiger partial charge is 0.340 e. The van der Waals surface area contributed by atoms with Crippen LogP contribution in [0.2, 0.25) is 0 Å². The van der Waals surface area contributed by atoms with Gasteiger partial charge in [-0.3, -0.25) is 14.6 Å². The highest BCUT2D eigenvalue weighted by Crippen LogP contribution is 2.31. The minimum Gasteiger partial charge on any atom is -0.340 e. The smallest absolute Gasteiger partial charge is 0.248 e. The third-order valence-corrected chi connectivity index (χ3v) is 3.67. The maximum atomic E-state index is 12.7. The van der Waals surface area contributed by atoms with E-state index in [-0.39, 0.29) is 17.2 Å². The van der Waals surface area contributed by atoms with Gasteiger partial charge in [-0.15, -0.1) is 0 Å². The van der Waals surface area contributed by atoms with Gasteiger partial charge in [0.2, 0.25) is 11.8 Å². The number of rotatable bonds is 2. The van der Waals surface area contributed by atoms with E-state index in [0.29, 0.717) is 6.54 Å². The van der Waals surface area contributed by atoms with Gasteiger partial charge < -0.3 is 10.2 Å². The summed E-state index contributed by atoms with van der Waals surface area (Å²) in [7, 11) is 0. The topological polar surface area (TPSA) is 62.3 Å². The first kappa shape index (κ1) is 15.5. The molecule has 1 aromatic rings. The van der Waals surface area contributed by atoms with E-state index >= 15 is 0 Å². The normalized spacial score (nSPS) is 22.1.